The Morgan fingerprint density at radius 3 is 3.00 bits per heavy atom. The second-order valence-electron chi connectivity index (χ2n) is 4.44. The van der Waals surface area contributed by atoms with Crippen molar-refractivity contribution in [2.24, 2.45) is 0 Å². The number of rotatable bonds is 5. The van der Waals surface area contributed by atoms with Crippen molar-refractivity contribution in [2.45, 2.75) is 31.0 Å². The number of hydrogen-bond donors (Lipinski definition) is 1. The van der Waals surface area contributed by atoms with Crippen LogP contribution in [0.25, 0.3) is 10.2 Å². The predicted octanol–water partition coefficient (Wildman–Crippen LogP) is 3.09. The molecule has 0 aliphatic rings. The molecule has 0 aliphatic heterocycles. The molecule has 2 aromatic heterocycles. The van der Waals surface area contributed by atoms with Crippen LogP contribution in [0.1, 0.15) is 17.4 Å². The fourth-order valence-electron chi connectivity index (χ4n) is 1.78. The van der Waals surface area contributed by atoms with Gasteiger partial charge in [0.05, 0.1) is 5.25 Å². The Morgan fingerprint density at radius 1 is 1.55 bits per heavy atom. The zero-order valence-electron chi connectivity index (χ0n) is 11.8. The number of thioether (sulfide) groups is 1. The van der Waals surface area contributed by atoms with Crippen LogP contribution in [0.15, 0.2) is 24.0 Å². The molecular formula is C14H17N3OS2. The molecule has 0 saturated carbocycles. The van der Waals surface area contributed by atoms with Gasteiger partial charge in [0.2, 0.25) is 5.91 Å². The lowest BCUT2D eigenvalue weighted by Crippen LogP contribution is -2.30. The van der Waals surface area contributed by atoms with Crippen LogP contribution in [0.5, 0.6) is 0 Å². The van der Waals surface area contributed by atoms with Gasteiger partial charge in [-0.2, -0.15) is 0 Å². The fourth-order valence-corrected chi connectivity index (χ4v) is 3.84. The third kappa shape index (κ3) is 3.02. The van der Waals surface area contributed by atoms with E-state index in [1.807, 2.05) is 6.92 Å². The van der Waals surface area contributed by atoms with Crippen LogP contribution >= 0.6 is 23.1 Å². The summed E-state index contributed by atoms with van der Waals surface area (Å²) >= 11 is 3.13. The van der Waals surface area contributed by atoms with Gasteiger partial charge in [-0.1, -0.05) is 17.8 Å². The van der Waals surface area contributed by atoms with Gasteiger partial charge in [-0.3, -0.25) is 4.79 Å². The molecule has 0 radical (unpaired) electrons. The summed E-state index contributed by atoms with van der Waals surface area (Å²) in [5, 5.41) is 4.55. The fraction of sp³-hybridized carbons (Fsp3) is 0.357. The van der Waals surface area contributed by atoms with Crippen LogP contribution in [-0.4, -0.2) is 27.7 Å². The first kappa shape index (κ1) is 15.0. The van der Waals surface area contributed by atoms with Gasteiger partial charge < -0.3 is 5.32 Å². The molecule has 106 valence electrons. The first-order valence-electron chi connectivity index (χ1n) is 6.30. The van der Waals surface area contributed by atoms with Crippen molar-refractivity contribution in [1.82, 2.24) is 15.3 Å². The number of amides is 1. The molecule has 1 amide bonds. The van der Waals surface area contributed by atoms with Crippen LogP contribution < -0.4 is 5.32 Å². The highest BCUT2D eigenvalue weighted by molar-refractivity contribution is 8.00. The number of carbonyl (C=O) groups excluding carboxylic acids is 1. The highest BCUT2D eigenvalue weighted by atomic mass is 32.2. The number of nitrogens with one attached hydrogen (secondary N) is 1. The minimum Gasteiger partial charge on any atom is -0.352 e. The standard InChI is InChI=1S/C14H17N3OS2/c1-5-6-15-12(18)10(4)20-14-11-8(2)9(3)19-13(11)16-7-17-14/h5,7,10H,1,6H2,2-4H3,(H,15,18)/t10-/m1/s1. The van der Waals surface area contributed by atoms with Crippen LogP contribution in [0.4, 0.5) is 0 Å². The minimum absolute atomic E-state index is 0.00809. The number of thiophene rings is 1. The normalized spacial score (nSPS) is 12.3. The second kappa shape index (κ2) is 6.37. The van der Waals surface area contributed by atoms with E-state index in [0.717, 1.165) is 15.2 Å². The van der Waals surface area contributed by atoms with Gasteiger partial charge in [-0.25, -0.2) is 9.97 Å². The van der Waals surface area contributed by atoms with Crippen molar-refractivity contribution < 1.29 is 4.79 Å². The topological polar surface area (TPSA) is 54.9 Å². The van der Waals surface area contributed by atoms with E-state index in [2.05, 4.69) is 35.7 Å². The van der Waals surface area contributed by atoms with Crippen molar-refractivity contribution in [3.8, 4) is 0 Å². The predicted molar refractivity (Wildman–Crippen MR) is 85.4 cm³/mol. The maximum atomic E-state index is 11.9. The van der Waals surface area contributed by atoms with Gasteiger partial charge in [-0.15, -0.1) is 17.9 Å². The minimum atomic E-state index is -0.201. The molecule has 0 fully saturated rings. The third-order valence-electron chi connectivity index (χ3n) is 3.01. The van der Waals surface area contributed by atoms with Gasteiger partial charge in [0.15, 0.2) is 0 Å². The Kier molecular flexibility index (Phi) is 4.77. The highest BCUT2D eigenvalue weighted by Crippen LogP contribution is 2.35. The molecule has 20 heavy (non-hydrogen) atoms. The van der Waals surface area contributed by atoms with Crippen LogP contribution in [-0.2, 0) is 4.79 Å². The van der Waals surface area contributed by atoms with E-state index < -0.39 is 0 Å². The average molecular weight is 307 g/mol. The van der Waals surface area contributed by atoms with E-state index >= 15 is 0 Å². The highest BCUT2D eigenvalue weighted by Gasteiger charge is 2.18. The number of aromatic nitrogens is 2. The number of carbonyl (C=O) groups is 1. The van der Waals surface area contributed by atoms with E-state index in [1.54, 1.807) is 23.7 Å². The number of nitrogens with zero attached hydrogens (tertiary/aromatic N) is 2. The Balaban J connectivity index is 2.25. The van der Waals surface area contributed by atoms with Crippen LogP contribution in [0, 0.1) is 13.8 Å². The average Bonchev–Trinajstić information content (AvgIpc) is 2.72. The maximum Gasteiger partial charge on any atom is 0.233 e. The van der Waals surface area contributed by atoms with Crippen molar-refractivity contribution in [2.75, 3.05) is 6.54 Å². The van der Waals surface area contributed by atoms with Crippen LogP contribution in [0.2, 0.25) is 0 Å². The van der Waals surface area contributed by atoms with Gasteiger partial charge >= 0.3 is 0 Å². The lowest BCUT2D eigenvalue weighted by Gasteiger charge is -2.11. The summed E-state index contributed by atoms with van der Waals surface area (Å²) in [7, 11) is 0. The SMILES string of the molecule is C=CCNC(=O)[C@@H](C)Sc1ncnc2sc(C)c(C)c12. The summed E-state index contributed by atoms with van der Waals surface area (Å²) in [4.78, 5) is 22.8. The molecule has 0 spiro atoms. The molecule has 2 heterocycles. The Bertz CT molecular complexity index is 651. The molecule has 1 N–H and O–H groups in total. The molecule has 4 nitrogen and oxygen atoms in total. The van der Waals surface area contributed by atoms with E-state index in [9.17, 15) is 4.79 Å². The molecule has 0 aromatic carbocycles. The Hall–Kier alpha value is -1.40. The van der Waals surface area contributed by atoms with Crippen LogP contribution in [0.3, 0.4) is 0 Å². The Labute approximate surface area is 126 Å². The van der Waals surface area contributed by atoms with Crippen molar-refractivity contribution >= 4 is 39.2 Å². The number of fused-ring (bicyclic) bond motifs is 1. The largest absolute Gasteiger partial charge is 0.352 e. The molecule has 0 aliphatic carbocycles. The summed E-state index contributed by atoms with van der Waals surface area (Å²) in [6, 6.07) is 0. The Morgan fingerprint density at radius 2 is 2.30 bits per heavy atom. The molecule has 0 saturated heterocycles. The summed E-state index contributed by atoms with van der Waals surface area (Å²) < 4.78 is 0. The lowest BCUT2D eigenvalue weighted by atomic mass is 10.2. The third-order valence-corrected chi connectivity index (χ3v) is 5.22. The molecule has 6 heteroatoms. The van der Waals surface area contributed by atoms with Gasteiger partial charge in [0, 0.05) is 16.8 Å². The number of hydrogen-bond acceptors (Lipinski definition) is 5. The van der Waals surface area contributed by atoms with Crippen molar-refractivity contribution in [1.29, 1.82) is 0 Å². The maximum absolute atomic E-state index is 11.9. The smallest absolute Gasteiger partial charge is 0.233 e. The summed E-state index contributed by atoms with van der Waals surface area (Å²) in [6.45, 7) is 10.1. The molecule has 2 aromatic rings. The first-order chi connectivity index (χ1) is 9.54. The summed E-state index contributed by atoms with van der Waals surface area (Å²) in [5.41, 5.74) is 1.20. The zero-order valence-corrected chi connectivity index (χ0v) is 13.4. The summed E-state index contributed by atoms with van der Waals surface area (Å²) in [6.07, 6.45) is 3.24. The summed E-state index contributed by atoms with van der Waals surface area (Å²) in [5.74, 6) is -0.00809. The van der Waals surface area contributed by atoms with Gasteiger partial charge in [0.25, 0.3) is 0 Å². The second-order valence-corrected chi connectivity index (χ2v) is 6.97. The number of aryl methyl sites for hydroxylation is 2. The van der Waals surface area contributed by atoms with Gasteiger partial charge in [0.1, 0.15) is 16.2 Å². The molecule has 0 bridgehead atoms. The van der Waals surface area contributed by atoms with Crippen molar-refractivity contribution in [3.63, 3.8) is 0 Å². The molecular weight excluding hydrogens is 290 g/mol. The molecule has 2 rings (SSSR count). The van der Waals surface area contributed by atoms with E-state index in [1.165, 1.54) is 22.2 Å². The van der Waals surface area contributed by atoms with Gasteiger partial charge in [-0.05, 0) is 26.3 Å². The monoisotopic (exact) mass is 307 g/mol. The first-order valence-corrected chi connectivity index (χ1v) is 8.00. The van der Waals surface area contributed by atoms with E-state index in [4.69, 9.17) is 0 Å². The molecule has 1 atom stereocenters. The zero-order chi connectivity index (χ0) is 14.7. The van der Waals surface area contributed by atoms with Crippen molar-refractivity contribution in [3.05, 3.63) is 29.4 Å². The quantitative estimate of drug-likeness (QED) is 0.524. The van der Waals surface area contributed by atoms with E-state index in [-0.39, 0.29) is 11.2 Å². The molecule has 0 unspecified atom stereocenters. The van der Waals surface area contributed by atoms with E-state index in [0.29, 0.717) is 6.54 Å². The lowest BCUT2D eigenvalue weighted by molar-refractivity contribution is -0.120.